The lowest BCUT2D eigenvalue weighted by Gasteiger charge is -2.08. The SMILES string of the molecule is CCC.CCC.CO.COB(O)C1CCCC1.OB(O)C1CCCC1.[3HH].[3HH]. The predicted molar refractivity (Wildman–Crippen MR) is 114 cm³/mol. The molecule has 2 aliphatic rings. The molecule has 0 aromatic carbocycles. The van der Waals surface area contributed by atoms with Crippen molar-refractivity contribution in [1.29, 1.82) is 0 Å². The van der Waals surface area contributed by atoms with Crippen LogP contribution in [0.5, 0.6) is 0 Å². The van der Waals surface area contributed by atoms with Crippen molar-refractivity contribution in [3.05, 3.63) is 0 Å². The van der Waals surface area contributed by atoms with Gasteiger partial charge in [0.05, 0.1) is 0 Å². The van der Waals surface area contributed by atoms with Gasteiger partial charge in [0.25, 0.3) is 0 Å². The normalized spacial score (nSPS) is 16.1. The van der Waals surface area contributed by atoms with Crippen LogP contribution in [-0.2, 0) is 4.65 Å². The second kappa shape index (κ2) is 23.9. The van der Waals surface area contributed by atoms with Crippen LogP contribution in [0.25, 0.3) is 0 Å². The van der Waals surface area contributed by atoms with Crippen molar-refractivity contribution >= 4 is 14.2 Å². The van der Waals surface area contributed by atoms with Gasteiger partial charge in [0, 0.05) is 17.1 Å². The summed E-state index contributed by atoms with van der Waals surface area (Å²) >= 11 is 0. The molecule has 0 amide bonds. The highest BCUT2D eigenvalue weighted by molar-refractivity contribution is 6.44. The van der Waals surface area contributed by atoms with Gasteiger partial charge in [-0.2, -0.15) is 0 Å². The van der Waals surface area contributed by atoms with Crippen LogP contribution < -0.4 is 0 Å². The van der Waals surface area contributed by atoms with Crippen molar-refractivity contribution in [3.63, 3.8) is 0 Å². The number of hydrogen-bond acceptors (Lipinski definition) is 5. The fraction of sp³-hybridized carbons (Fsp3) is 1.00. The molecule has 2 rings (SSSR count). The van der Waals surface area contributed by atoms with E-state index < -0.39 is 14.2 Å². The maximum Gasteiger partial charge on any atom is 0.457 e. The van der Waals surface area contributed by atoms with Crippen LogP contribution in [0, 0.1) is 0 Å². The minimum Gasteiger partial charge on any atom is -0.427 e. The summed E-state index contributed by atoms with van der Waals surface area (Å²) in [5.74, 6) is 0.588. The van der Waals surface area contributed by atoms with Crippen molar-refractivity contribution in [2.45, 2.75) is 104 Å². The van der Waals surface area contributed by atoms with Crippen molar-refractivity contribution in [2.75, 3.05) is 14.2 Å². The smallest absolute Gasteiger partial charge is 0.427 e. The quantitative estimate of drug-likeness (QED) is 0.553. The van der Waals surface area contributed by atoms with Crippen LogP contribution in [0.4, 0.5) is 0 Å². The second-order valence-electron chi connectivity index (χ2n) is 6.54. The molecule has 0 aromatic rings. The van der Waals surface area contributed by atoms with Gasteiger partial charge in [-0.3, -0.25) is 0 Å². The molecule has 5 nitrogen and oxygen atoms in total. The molecule has 0 spiro atoms. The molecule has 0 unspecified atom stereocenters. The van der Waals surface area contributed by atoms with Crippen LogP contribution in [0.15, 0.2) is 0 Å². The molecule has 2 aliphatic carbocycles. The van der Waals surface area contributed by atoms with E-state index in [1.54, 1.807) is 7.11 Å². The summed E-state index contributed by atoms with van der Waals surface area (Å²) in [7, 11) is 0.994. The topological polar surface area (TPSA) is 90.2 Å². The van der Waals surface area contributed by atoms with Gasteiger partial charge in [-0.1, -0.05) is 91.9 Å². The zero-order chi connectivity index (χ0) is 20.1. The van der Waals surface area contributed by atoms with Crippen LogP contribution in [0.3, 0.4) is 0 Å². The van der Waals surface area contributed by atoms with Gasteiger partial charge >= 0.3 is 14.2 Å². The van der Waals surface area contributed by atoms with Crippen LogP contribution in [-0.4, -0.2) is 48.6 Å². The van der Waals surface area contributed by atoms with Crippen molar-refractivity contribution in [2.24, 2.45) is 0 Å². The van der Waals surface area contributed by atoms with E-state index in [9.17, 15) is 0 Å². The first-order valence-electron chi connectivity index (χ1n) is 9.99. The van der Waals surface area contributed by atoms with E-state index >= 15 is 0 Å². The number of aliphatic hydroxyl groups excluding tert-OH is 1. The Labute approximate surface area is 160 Å². The van der Waals surface area contributed by atoms with E-state index in [4.69, 9.17) is 24.8 Å². The second-order valence-corrected chi connectivity index (χ2v) is 6.54. The molecule has 0 aliphatic heterocycles. The maximum atomic E-state index is 9.14. The van der Waals surface area contributed by atoms with E-state index in [1.165, 1.54) is 38.5 Å². The molecule has 0 aromatic heterocycles. The van der Waals surface area contributed by atoms with Gasteiger partial charge in [-0.15, -0.1) is 0 Å². The number of aliphatic hydroxyl groups is 1. The lowest BCUT2D eigenvalue weighted by atomic mass is 9.71. The molecule has 2 saturated carbocycles. The van der Waals surface area contributed by atoms with E-state index in [0.717, 1.165) is 32.8 Å². The third kappa shape index (κ3) is 20.1. The summed E-state index contributed by atoms with van der Waals surface area (Å²) < 4.78 is 4.79. The van der Waals surface area contributed by atoms with Crippen molar-refractivity contribution < 1.29 is 27.7 Å². The lowest BCUT2D eigenvalue weighted by molar-refractivity contribution is 0.311. The van der Waals surface area contributed by atoms with Gasteiger partial charge in [-0.25, -0.2) is 0 Å². The Morgan fingerprint density at radius 1 is 0.760 bits per heavy atom. The van der Waals surface area contributed by atoms with Crippen LogP contribution in [0.1, 0.15) is 94.8 Å². The monoisotopic (exact) mass is 370 g/mol. The average molecular weight is 370 g/mol. The predicted octanol–water partition coefficient (Wildman–Crippen LogP) is 4.39. The van der Waals surface area contributed by atoms with Gasteiger partial charge in [0.1, 0.15) is 0 Å². The molecule has 0 bridgehead atoms. The summed E-state index contributed by atoms with van der Waals surface area (Å²) in [5.41, 5.74) is 0. The summed E-state index contributed by atoms with van der Waals surface area (Å²) in [4.78, 5) is 0. The molecular formula is C18H48B2O5. The molecule has 2 fully saturated rings. The molecule has 0 saturated heterocycles. The zero-order valence-corrected chi connectivity index (χ0v) is 17.6. The van der Waals surface area contributed by atoms with Gasteiger partial charge in [0.2, 0.25) is 0 Å². The highest BCUT2D eigenvalue weighted by Crippen LogP contribution is 2.31. The molecule has 0 atom stereocenters. The summed E-state index contributed by atoms with van der Waals surface area (Å²) in [5, 5.41) is 33.4. The maximum absolute atomic E-state index is 9.14. The number of hydrogen-bond donors (Lipinski definition) is 4. The third-order valence-corrected chi connectivity index (χ3v) is 3.87. The Bertz CT molecular complexity index is 230. The molecule has 0 radical (unpaired) electrons. The summed E-state index contributed by atoms with van der Waals surface area (Å²) in [6, 6.07) is 0. The van der Waals surface area contributed by atoms with Crippen molar-refractivity contribution in [1.82, 2.24) is 0 Å². The molecule has 7 heteroatoms. The van der Waals surface area contributed by atoms with Crippen LogP contribution in [0.2, 0.25) is 11.6 Å². The first-order valence-corrected chi connectivity index (χ1v) is 9.99. The van der Waals surface area contributed by atoms with E-state index in [-0.39, 0.29) is 8.67 Å². The average Bonchev–Trinajstić information content (AvgIpc) is 3.31. The standard InChI is InChI=1S/C6H13BO2.C5H11BO2.2C3H8.CH4O.2H2/c1-9-7(8)6-4-2-3-5-6;7-6(8)5-3-1-2-4-5;2*1-3-2;1-2;;/h6,8H,2-5H2,1H3;5,7-8H,1-4H2;2*3H2,1-2H3;2H,1H3;2*1H/i;;;;;2*1+2. The van der Waals surface area contributed by atoms with E-state index in [2.05, 4.69) is 27.7 Å². The summed E-state index contributed by atoms with van der Waals surface area (Å²) in [6.45, 7) is 8.50. The fourth-order valence-electron chi connectivity index (χ4n) is 2.69. The highest BCUT2D eigenvalue weighted by atomic mass is 16.5. The zero-order valence-electron chi connectivity index (χ0n) is 17.6. The molecule has 4 N–H and O–H groups in total. The van der Waals surface area contributed by atoms with E-state index in [1.807, 2.05) is 0 Å². The molecule has 25 heavy (non-hydrogen) atoms. The Hall–Kier alpha value is -0.0701. The minimum atomic E-state index is -1.06. The van der Waals surface area contributed by atoms with Crippen molar-refractivity contribution in [3.8, 4) is 0 Å². The first kappa shape index (κ1) is 29.7. The van der Waals surface area contributed by atoms with Gasteiger partial charge in [-0.05, 0) is 11.6 Å². The Morgan fingerprint density at radius 2 is 1.04 bits per heavy atom. The Kier molecular flexibility index (Phi) is 28.4. The first-order chi connectivity index (χ1) is 12.0. The van der Waals surface area contributed by atoms with Gasteiger partial charge < -0.3 is 24.8 Å². The van der Waals surface area contributed by atoms with Gasteiger partial charge in [0.15, 0.2) is 0 Å². The third-order valence-electron chi connectivity index (χ3n) is 3.87. The van der Waals surface area contributed by atoms with Crippen LogP contribution >= 0.6 is 0 Å². The minimum absolute atomic E-state index is 0. The van der Waals surface area contributed by atoms with E-state index in [0.29, 0.717) is 5.82 Å². The Balaban J connectivity index is -0.0000000827. The lowest BCUT2D eigenvalue weighted by Crippen LogP contribution is -2.20. The Morgan fingerprint density at radius 3 is 1.24 bits per heavy atom. The number of rotatable bonds is 3. The largest absolute Gasteiger partial charge is 0.457 e. The fourth-order valence-corrected chi connectivity index (χ4v) is 2.69. The summed E-state index contributed by atoms with van der Waals surface area (Å²) in [6.07, 6.45) is 11.6. The molecular weight excluding hydrogens is 318 g/mol. The highest BCUT2D eigenvalue weighted by Gasteiger charge is 2.28. The molecule has 0 heterocycles. The molecule has 156 valence electrons.